The molecule has 2 aromatic carbocycles. The SMILES string of the molecule is CC[C@@H](CC(=O)N1CCCC(C)C1C(=O)O)NC(=O)OCC1c2ccccc2-c2ccccc21. The Kier molecular flexibility index (Phi) is 7.20. The highest BCUT2D eigenvalue weighted by atomic mass is 16.5. The van der Waals surface area contributed by atoms with Crippen LogP contribution in [0.3, 0.4) is 0 Å². The minimum Gasteiger partial charge on any atom is -0.480 e. The number of nitrogens with one attached hydrogen (secondary N) is 1. The van der Waals surface area contributed by atoms with Crippen molar-refractivity contribution >= 4 is 18.0 Å². The van der Waals surface area contributed by atoms with E-state index in [0.29, 0.717) is 13.0 Å². The lowest BCUT2D eigenvalue weighted by atomic mass is 9.90. The van der Waals surface area contributed by atoms with Crippen LogP contribution in [0.15, 0.2) is 48.5 Å². The molecule has 1 aliphatic carbocycles. The summed E-state index contributed by atoms with van der Waals surface area (Å²) < 4.78 is 5.61. The van der Waals surface area contributed by atoms with E-state index in [4.69, 9.17) is 4.74 Å². The molecule has 34 heavy (non-hydrogen) atoms. The molecule has 2 N–H and O–H groups in total. The molecule has 2 unspecified atom stereocenters. The number of hydrogen-bond acceptors (Lipinski definition) is 4. The van der Waals surface area contributed by atoms with Crippen molar-refractivity contribution in [3.05, 3.63) is 59.7 Å². The minimum atomic E-state index is -0.974. The summed E-state index contributed by atoms with van der Waals surface area (Å²) in [6, 6.07) is 15.0. The van der Waals surface area contributed by atoms with Gasteiger partial charge >= 0.3 is 12.1 Å². The molecule has 180 valence electrons. The van der Waals surface area contributed by atoms with Gasteiger partial charge < -0.3 is 20.1 Å². The zero-order valence-corrected chi connectivity index (χ0v) is 19.7. The number of fused-ring (bicyclic) bond motifs is 3. The fourth-order valence-electron chi connectivity index (χ4n) is 5.28. The third-order valence-electron chi connectivity index (χ3n) is 7.09. The first-order valence-electron chi connectivity index (χ1n) is 12.0. The van der Waals surface area contributed by atoms with Crippen molar-refractivity contribution < 1.29 is 24.2 Å². The normalized spacial score (nSPS) is 20.2. The zero-order valence-electron chi connectivity index (χ0n) is 19.7. The number of aliphatic carboxylic acids is 1. The van der Waals surface area contributed by atoms with Crippen LogP contribution < -0.4 is 5.32 Å². The highest BCUT2D eigenvalue weighted by Crippen LogP contribution is 2.44. The van der Waals surface area contributed by atoms with Gasteiger partial charge in [-0.05, 0) is 47.4 Å². The number of benzene rings is 2. The van der Waals surface area contributed by atoms with E-state index in [2.05, 4.69) is 29.6 Å². The lowest BCUT2D eigenvalue weighted by Crippen LogP contribution is -2.53. The molecule has 2 amide bonds. The summed E-state index contributed by atoms with van der Waals surface area (Å²) in [5.74, 6) is -1.35. The van der Waals surface area contributed by atoms with Gasteiger partial charge in [0.25, 0.3) is 0 Å². The number of amides is 2. The monoisotopic (exact) mass is 464 g/mol. The Morgan fingerprint density at radius 2 is 1.71 bits per heavy atom. The third kappa shape index (κ3) is 4.79. The predicted molar refractivity (Wildman–Crippen MR) is 128 cm³/mol. The van der Waals surface area contributed by atoms with E-state index in [1.807, 2.05) is 38.1 Å². The molecule has 2 aliphatic rings. The first-order valence-corrected chi connectivity index (χ1v) is 12.0. The maximum atomic E-state index is 12.9. The number of carbonyl (C=O) groups excluding carboxylic acids is 2. The average molecular weight is 465 g/mol. The van der Waals surface area contributed by atoms with Gasteiger partial charge in [0.1, 0.15) is 12.6 Å². The summed E-state index contributed by atoms with van der Waals surface area (Å²) in [6.07, 6.45) is 1.60. The number of carboxylic acids is 1. The number of alkyl carbamates (subject to hydrolysis) is 1. The van der Waals surface area contributed by atoms with Crippen LogP contribution in [0.1, 0.15) is 56.6 Å². The van der Waals surface area contributed by atoms with Gasteiger partial charge in [-0.2, -0.15) is 0 Å². The molecule has 1 heterocycles. The number of nitrogens with zero attached hydrogens (tertiary/aromatic N) is 1. The van der Waals surface area contributed by atoms with E-state index >= 15 is 0 Å². The Morgan fingerprint density at radius 1 is 1.09 bits per heavy atom. The zero-order chi connectivity index (χ0) is 24.2. The fraction of sp³-hybridized carbons (Fsp3) is 0.444. The quantitative estimate of drug-likeness (QED) is 0.633. The molecule has 2 aromatic rings. The molecule has 1 saturated heterocycles. The van der Waals surface area contributed by atoms with Gasteiger partial charge in [-0.25, -0.2) is 9.59 Å². The molecule has 0 bridgehead atoms. The van der Waals surface area contributed by atoms with Gasteiger partial charge in [-0.3, -0.25) is 4.79 Å². The largest absolute Gasteiger partial charge is 0.480 e. The average Bonchev–Trinajstić information content (AvgIpc) is 3.15. The molecular weight excluding hydrogens is 432 g/mol. The molecule has 7 heteroatoms. The molecule has 1 fully saturated rings. The van der Waals surface area contributed by atoms with Gasteiger partial charge in [-0.15, -0.1) is 0 Å². The molecule has 1 aliphatic heterocycles. The summed E-state index contributed by atoms with van der Waals surface area (Å²) in [6.45, 7) is 4.39. The number of hydrogen-bond donors (Lipinski definition) is 2. The van der Waals surface area contributed by atoms with E-state index in [0.717, 1.165) is 35.1 Å². The van der Waals surface area contributed by atoms with Crippen molar-refractivity contribution in [3.8, 4) is 11.1 Å². The van der Waals surface area contributed by atoms with Crippen molar-refractivity contribution in [2.24, 2.45) is 5.92 Å². The van der Waals surface area contributed by atoms with Crippen molar-refractivity contribution in [1.82, 2.24) is 10.2 Å². The molecular formula is C27H32N2O5. The van der Waals surface area contributed by atoms with Gasteiger partial charge in [0.2, 0.25) is 5.91 Å². The minimum absolute atomic E-state index is 0.0361. The highest BCUT2D eigenvalue weighted by molar-refractivity contribution is 5.85. The van der Waals surface area contributed by atoms with Crippen LogP contribution in [0, 0.1) is 5.92 Å². The molecule has 0 radical (unpaired) electrons. The number of ether oxygens (including phenoxy) is 1. The maximum absolute atomic E-state index is 12.9. The summed E-state index contributed by atoms with van der Waals surface area (Å²) in [5, 5.41) is 12.4. The van der Waals surface area contributed by atoms with E-state index in [1.54, 1.807) is 0 Å². The van der Waals surface area contributed by atoms with Crippen LogP contribution in [0.25, 0.3) is 11.1 Å². The van der Waals surface area contributed by atoms with Gasteiger partial charge in [0.05, 0.1) is 0 Å². The summed E-state index contributed by atoms with van der Waals surface area (Å²) >= 11 is 0. The van der Waals surface area contributed by atoms with Crippen molar-refractivity contribution in [2.75, 3.05) is 13.2 Å². The topological polar surface area (TPSA) is 95.9 Å². The third-order valence-corrected chi connectivity index (χ3v) is 7.09. The van der Waals surface area contributed by atoms with E-state index in [9.17, 15) is 19.5 Å². The summed E-state index contributed by atoms with van der Waals surface area (Å²) in [7, 11) is 0. The van der Waals surface area contributed by atoms with E-state index < -0.39 is 24.1 Å². The van der Waals surface area contributed by atoms with Crippen molar-refractivity contribution in [3.63, 3.8) is 0 Å². The van der Waals surface area contributed by atoms with Gasteiger partial charge in [0, 0.05) is 24.9 Å². The Bertz CT molecular complexity index is 1020. The van der Waals surface area contributed by atoms with Crippen LogP contribution in [0.4, 0.5) is 4.79 Å². The first kappa shape index (κ1) is 23.8. The van der Waals surface area contributed by atoms with Gasteiger partial charge in [-0.1, -0.05) is 62.4 Å². The number of carboxylic acid groups (broad SMARTS) is 1. The second kappa shape index (κ2) is 10.3. The van der Waals surface area contributed by atoms with Crippen LogP contribution in [-0.4, -0.2) is 53.2 Å². The van der Waals surface area contributed by atoms with Crippen LogP contribution >= 0.6 is 0 Å². The van der Waals surface area contributed by atoms with Gasteiger partial charge in [0.15, 0.2) is 0 Å². The molecule has 0 saturated carbocycles. The number of rotatable bonds is 7. The molecule has 3 atom stereocenters. The second-order valence-corrected chi connectivity index (χ2v) is 9.27. The Labute approximate surface area is 200 Å². The molecule has 7 nitrogen and oxygen atoms in total. The Morgan fingerprint density at radius 3 is 2.29 bits per heavy atom. The smallest absolute Gasteiger partial charge is 0.407 e. The summed E-state index contributed by atoms with van der Waals surface area (Å²) in [4.78, 5) is 38.7. The second-order valence-electron chi connectivity index (χ2n) is 9.27. The van der Waals surface area contributed by atoms with E-state index in [-0.39, 0.29) is 30.8 Å². The van der Waals surface area contributed by atoms with Crippen LogP contribution in [0.5, 0.6) is 0 Å². The summed E-state index contributed by atoms with van der Waals surface area (Å²) in [5.41, 5.74) is 4.59. The van der Waals surface area contributed by atoms with Crippen molar-refractivity contribution in [2.45, 2.75) is 57.5 Å². The van der Waals surface area contributed by atoms with E-state index in [1.165, 1.54) is 4.90 Å². The predicted octanol–water partition coefficient (Wildman–Crippen LogP) is 4.41. The molecule has 4 rings (SSSR count). The lowest BCUT2D eigenvalue weighted by molar-refractivity contribution is -0.154. The van der Waals surface area contributed by atoms with Crippen molar-refractivity contribution in [1.29, 1.82) is 0 Å². The maximum Gasteiger partial charge on any atom is 0.407 e. The lowest BCUT2D eigenvalue weighted by Gasteiger charge is -2.38. The Balaban J connectivity index is 1.36. The first-order chi connectivity index (χ1) is 16.4. The van der Waals surface area contributed by atoms with Crippen LogP contribution in [-0.2, 0) is 14.3 Å². The highest BCUT2D eigenvalue weighted by Gasteiger charge is 2.37. The molecule has 0 aromatic heterocycles. The number of likely N-dealkylation sites (tertiary alicyclic amines) is 1. The number of carbonyl (C=O) groups is 3. The molecule has 0 spiro atoms. The Hall–Kier alpha value is -3.35. The standard InChI is InChI=1S/C27H32N2O5/c1-3-18(15-24(30)29-14-8-9-17(2)25(29)26(31)32)28-27(33)34-16-23-21-12-6-4-10-19(21)20-11-5-7-13-22(20)23/h4-7,10-13,17-18,23,25H,3,8-9,14-16H2,1-2H3,(H,28,33)(H,31,32)/t17?,18-,25?/m0/s1. The fourth-order valence-corrected chi connectivity index (χ4v) is 5.28. The number of piperidine rings is 1. The van der Waals surface area contributed by atoms with Crippen LogP contribution in [0.2, 0.25) is 0 Å².